The fourth-order valence-electron chi connectivity index (χ4n) is 2.34. The number of hydrazine groups is 1. The summed E-state index contributed by atoms with van der Waals surface area (Å²) in [4.78, 5) is 24.6. The molecule has 0 radical (unpaired) electrons. The first-order chi connectivity index (χ1) is 14.9. The summed E-state index contributed by atoms with van der Waals surface area (Å²) in [5.41, 5.74) is 5.73. The topological polar surface area (TPSA) is 88.7 Å². The Kier molecular flexibility index (Phi) is 9.99. The monoisotopic (exact) mass is 505 g/mol. The van der Waals surface area contributed by atoms with Gasteiger partial charge in [-0.25, -0.2) is 0 Å². The van der Waals surface area contributed by atoms with Crippen molar-refractivity contribution in [2.45, 2.75) is 19.8 Å². The lowest BCUT2D eigenvalue weighted by Crippen LogP contribution is -2.48. The molecule has 0 fully saturated rings. The fraction of sp³-hybridized carbons (Fsp3) is 0.227. The SMILES string of the molecule is C=CCOc1ccc(C(=O)NNC(=S)NC(=O)c2ccc(OCCCC)c(Br)c2)cc1. The molecule has 164 valence electrons. The highest BCUT2D eigenvalue weighted by molar-refractivity contribution is 9.10. The number of halogens is 1. The first-order valence-electron chi connectivity index (χ1n) is 9.62. The fourth-order valence-corrected chi connectivity index (χ4v) is 2.97. The molecule has 0 saturated heterocycles. The number of ether oxygens (including phenoxy) is 2. The van der Waals surface area contributed by atoms with Crippen LogP contribution in [0.4, 0.5) is 0 Å². The van der Waals surface area contributed by atoms with Crippen LogP contribution in [-0.2, 0) is 0 Å². The van der Waals surface area contributed by atoms with Crippen LogP contribution in [0, 0.1) is 0 Å². The molecule has 0 spiro atoms. The number of thiocarbonyl (C=S) groups is 1. The van der Waals surface area contributed by atoms with E-state index in [0.29, 0.717) is 40.3 Å². The highest BCUT2D eigenvalue weighted by Crippen LogP contribution is 2.26. The number of amides is 2. The Balaban J connectivity index is 1.83. The Morgan fingerprint density at radius 1 is 1.06 bits per heavy atom. The van der Waals surface area contributed by atoms with E-state index in [9.17, 15) is 9.59 Å². The molecule has 0 atom stereocenters. The molecule has 2 aromatic rings. The molecule has 0 aliphatic carbocycles. The molecule has 3 N–H and O–H groups in total. The van der Waals surface area contributed by atoms with Gasteiger partial charge in [-0.3, -0.25) is 25.8 Å². The summed E-state index contributed by atoms with van der Waals surface area (Å²) in [6.07, 6.45) is 3.62. The summed E-state index contributed by atoms with van der Waals surface area (Å²) in [5.74, 6) is 0.457. The van der Waals surface area contributed by atoms with Crippen LogP contribution in [0.5, 0.6) is 11.5 Å². The lowest BCUT2D eigenvalue weighted by molar-refractivity contribution is 0.0934. The summed E-state index contributed by atoms with van der Waals surface area (Å²) in [6.45, 7) is 6.65. The summed E-state index contributed by atoms with van der Waals surface area (Å²) in [6, 6.07) is 11.6. The lowest BCUT2D eigenvalue weighted by atomic mass is 10.2. The molecule has 2 rings (SSSR count). The van der Waals surface area contributed by atoms with Crippen molar-refractivity contribution >= 4 is 45.1 Å². The first kappa shape index (κ1) is 24.4. The second-order valence-electron chi connectivity index (χ2n) is 6.33. The molecular formula is C22H24BrN3O4S. The molecule has 31 heavy (non-hydrogen) atoms. The molecule has 7 nitrogen and oxygen atoms in total. The molecule has 0 aliphatic rings. The van der Waals surface area contributed by atoms with Crippen molar-refractivity contribution in [1.29, 1.82) is 0 Å². The van der Waals surface area contributed by atoms with Crippen molar-refractivity contribution in [3.05, 3.63) is 70.7 Å². The minimum atomic E-state index is -0.420. The summed E-state index contributed by atoms with van der Waals surface area (Å²) < 4.78 is 11.7. The van der Waals surface area contributed by atoms with Crippen molar-refractivity contribution in [2.75, 3.05) is 13.2 Å². The number of carbonyl (C=O) groups is 2. The summed E-state index contributed by atoms with van der Waals surface area (Å²) in [5, 5.41) is 2.47. The molecule has 0 saturated carbocycles. The normalized spacial score (nSPS) is 10.0. The third kappa shape index (κ3) is 8.03. The van der Waals surface area contributed by atoms with E-state index in [1.54, 1.807) is 48.5 Å². The zero-order valence-electron chi connectivity index (χ0n) is 17.1. The molecule has 0 unspecified atom stereocenters. The Morgan fingerprint density at radius 3 is 2.42 bits per heavy atom. The van der Waals surface area contributed by atoms with Crippen LogP contribution >= 0.6 is 28.1 Å². The third-order valence-electron chi connectivity index (χ3n) is 3.95. The van der Waals surface area contributed by atoms with Gasteiger partial charge >= 0.3 is 0 Å². The molecule has 2 aromatic carbocycles. The van der Waals surface area contributed by atoms with Crippen LogP contribution in [0.25, 0.3) is 0 Å². The Hall–Kier alpha value is -2.91. The maximum Gasteiger partial charge on any atom is 0.269 e. The van der Waals surface area contributed by atoms with Crippen LogP contribution in [0.3, 0.4) is 0 Å². The number of benzene rings is 2. The number of carbonyl (C=O) groups excluding carboxylic acids is 2. The van der Waals surface area contributed by atoms with Crippen LogP contribution in [0.1, 0.15) is 40.5 Å². The van der Waals surface area contributed by atoms with E-state index in [1.807, 2.05) is 0 Å². The van der Waals surface area contributed by atoms with Gasteiger partial charge in [-0.1, -0.05) is 26.0 Å². The molecule has 0 aliphatic heterocycles. The van der Waals surface area contributed by atoms with Gasteiger partial charge < -0.3 is 9.47 Å². The number of nitrogens with one attached hydrogen (secondary N) is 3. The third-order valence-corrected chi connectivity index (χ3v) is 4.77. The van der Waals surface area contributed by atoms with E-state index in [1.165, 1.54) is 0 Å². The van der Waals surface area contributed by atoms with E-state index in [-0.39, 0.29) is 5.11 Å². The second kappa shape index (κ2) is 12.7. The van der Waals surface area contributed by atoms with Gasteiger partial charge in [-0.15, -0.1) is 0 Å². The van der Waals surface area contributed by atoms with Gasteiger partial charge in [-0.2, -0.15) is 0 Å². The van der Waals surface area contributed by atoms with E-state index >= 15 is 0 Å². The number of rotatable bonds is 9. The minimum Gasteiger partial charge on any atom is -0.492 e. The van der Waals surface area contributed by atoms with E-state index in [4.69, 9.17) is 21.7 Å². The van der Waals surface area contributed by atoms with Crippen molar-refractivity contribution in [1.82, 2.24) is 16.2 Å². The average molecular weight is 506 g/mol. The second-order valence-corrected chi connectivity index (χ2v) is 7.60. The molecule has 0 aromatic heterocycles. The number of hydrogen-bond acceptors (Lipinski definition) is 5. The van der Waals surface area contributed by atoms with Gasteiger partial charge in [0.1, 0.15) is 18.1 Å². The van der Waals surface area contributed by atoms with E-state index in [0.717, 1.165) is 12.8 Å². The van der Waals surface area contributed by atoms with Gasteiger partial charge in [0.15, 0.2) is 5.11 Å². The molecule has 0 heterocycles. The van der Waals surface area contributed by atoms with Gasteiger partial charge in [0, 0.05) is 11.1 Å². The average Bonchev–Trinajstić information content (AvgIpc) is 2.77. The van der Waals surface area contributed by atoms with Gasteiger partial charge in [0.2, 0.25) is 0 Å². The maximum atomic E-state index is 12.4. The van der Waals surface area contributed by atoms with Crippen molar-refractivity contribution in [3.8, 4) is 11.5 Å². The zero-order chi connectivity index (χ0) is 22.6. The maximum absolute atomic E-state index is 12.4. The van der Waals surface area contributed by atoms with E-state index in [2.05, 4.69) is 45.6 Å². The van der Waals surface area contributed by atoms with E-state index < -0.39 is 11.8 Å². The van der Waals surface area contributed by atoms with Crippen LogP contribution in [0.15, 0.2) is 59.6 Å². The molecular weight excluding hydrogens is 482 g/mol. The predicted octanol–water partition coefficient (Wildman–Crippen LogP) is 4.14. The Morgan fingerprint density at radius 2 is 1.77 bits per heavy atom. The summed E-state index contributed by atoms with van der Waals surface area (Å²) >= 11 is 8.48. The van der Waals surface area contributed by atoms with Crippen LogP contribution in [-0.4, -0.2) is 30.1 Å². The minimum absolute atomic E-state index is 0.0383. The van der Waals surface area contributed by atoms with Gasteiger partial charge in [0.25, 0.3) is 11.8 Å². The quantitative estimate of drug-likeness (QED) is 0.205. The zero-order valence-corrected chi connectivity index (χ0v) is 19.5. The Bertz CT molecular complexity index is 935. The van der Waals surface area contributed by atoms with Crippen molar-refractivity contribution < 1.29 is 19.1 Å². The largest absolute Gasteiger partial charge is 0.492 e. The van der Waals surface area contributed by atoms with Crippen molar-refractivity contribution in [2.24, 2.45) is 0 Å². The molecule has 2 amide bonds. The lowest BCUT2D eigenvalue weighted by Gasteiger charge is -2.12. The molecule has 9 heteroatoms. The predicted molar refractivity (Wildman–Crippen MR) is 127 cm³/mol. The molecule has 0 bridgehead atoms. The highest BCUT2D eigenvalue weighted by Gasteiger charge is 2.12. The standard InChI is InChI=1S/C22H24BrN3O4S/c1-3-5-13-30-19-11-8-16(14-18(19)23)20(27)24-22(31)26-25-21(28)15-6-9-17(10-7-15)29-12-4-2/h4,6-11,14H,2-3,5,12-13H2,1H3,(H,25,28)(H2,24,26,27,31). The Labute approximate surface area is 195 Å². The van der Waals surface area contributed by atoms with Gasteiger partial charge in [0.05, 0.1) is 11.1 Å². The highest BCUT2D eigenvalue weighted by atomic mass is 79.9. The van der Waals surface area contributed by atoms with Crippen molar-refractivity contribution in [3.63, 3.8) is 0 Å². The smallest absolute Gasteiger partial charge is 0.269 e. The van der Waals surface area contributed by atoms with Gasteiger partial charge in [-0.05, 0) is 77.0 Å². The van der Waals surface area contributed by atoms with Crippen LogP contribution in [0.2, 0.25) is 0 Å². The first-order valence-corrected chi connectivity index (χ1v) is 10.8. The summed E-state index contributed by atoms with van der Waals surface area (Å²) in [7, 11) is 0. The number of hydrogen-bond donors (Lipinski definition) is 3. The van der Waals surface area contributed by atoms with Crippen LogP contribution < -0.4 is 25.6 Å². The number of unbranched alkanes of at least 4 members (excludes halogenated alkanes) is 1.